The molecule has 9 heteroatoms. The van der Waals surface area contributed by atoms with Crippen molar-refractivity contribution in [3.05, 3.63) is 70.5 Å². The molecule has 3 N–H and O–H groups in total. The number of halogens is 1. The third-order valence-corrected chi connectivity index (χ3v) is 6.21. The summed E-state index contributed by atoms with van der Waals surface area (Å²) in [7, 11) is -4.03. The first-order valence-corrected chi connectivity index (χ1v) is 11.0. The van der Waals surface area contributed by atoms with Crippen molar-refractivity contribution < 1.29 is 13.2 Å². The first-order chi connectivity index (χ1) is 13.8. The molecule has 1 aliphatic rings. The van der Waals surface area contributed by atoms with Gasteiger partial charge in [-0.15, -0.1) is 0 Å². The summed E-state index contributed by atoms with van der Waals surface area (Å²) in [6.45, 7) is 0. The number of hydrogen-bond donors (Lipinski definition) is 2. The van der Waals surface area contributed by atoms with Gasteiger partial charge >= 0.3 is 0 Å². The number of hydrogen-bond acceptors (Lipinski definition) is 4. The molecular weight excluding hydrogens is 412 g/mol. The smallest absolute Gasteiger partial charge is 0.240 e. The van der Waals surface area contributed by atoms with Crippen molar-refractivity contribution in [2.75, 3.05) is 5.32 Å². The maximum atomic E-state index is 12.4. The Morgan fingerprint density at radius 1 is 1.21 bits per heavy atom. The highest BCUT2D eigenvalue weighted by Crippen LogP contribution is 2.29. The van der Waals surface area contributed by atoms with Crippen molar-refractivity contribution in [1.82, 2.24) is 9.78 Å². The van der Waals surface area contributed by atoms with Crippen LogP contribution in [0, 0.1) is 0 Å². The lowest BCUT2D eigenvalue weighted by Crippen LogP contribution is -2.19. The molecular formula is C20H19ClN4O3S. The van der Waals surface area contributed by atoms with Gasteiger partial charge in [0, 0.05) is 16.4 Å². The lowest BCUT2D eigenvalue weighted by molar-refractivity contribution is -0.115. The minimum absolute atomic E-state index is 0.0683. The molecule has 0 saturated carbocycles. The predicted molar refractivity (Wildman–Crippen MR) is 111 cm³/mol. The Labute approximate surface area is 173 Å². The van der Waals surface area contributed by atoms with Crippen LogP contribution in [0.2, 0.25) is 5.02 Å². The van der Waals surface area contributed by atoms with Crippen LogP contribution >= 0.6 is 11.6 Å². The summed E-state index contributed by atoms with van der Waals surface area (Å²) in [5.74, 6) is -0.314. The summed E-state index contributed by atoms with van der Waals surface area (Å²) in [5, 5.41) is 13.0. The van der Waals surface area contributed by atoms with Crippen LogP contribution in [-0.4, -0.2) is 24.1 Å². The van der Waals surface area contributed by atoms with Gasteiger partial charge in [-0.1, -0.05) is 29.8 Å². The van der Waals surface area contributed by atoms with E-state index in [9.17, 15) is 13.2 Å². The largest absolute Gasteiger partial charge is 0.326 e. The Bertz CT molecular complexity index is 1200. The van der Waals surface area contributed by atoms with Crippen molar-refractivity contribution in [1.29, 1.82) is 0 Å². The Balaban J connectivity index is 1.64. The van der Waals surface area contributed by atoms with Crippen LogP contribution < -0.4 is 10.5 Å². The molecule has 0 fully saturated rings. The van der Waals surface area contributed by atoms with Crippen LogP contribution in [-0.2, 0) is 34.1 Å². The molecule has 29 heavy (non-hydrogen) atoms. The van der Waals surface area contributed by atoms with E-state index in [0.29, 0.717) is 22.0 Å². The molecule has 2 aromatic carbocycles. The number of carbonyl (C=O) groups excluding carboxylic acids is 1. The van der Waals surface area contributed by atoms with E-state index in [-0.39, 0.29) is 17.2 Å². The number of carbonyl (C=O) groups is 1. The molecule has 4 rings (SSSR count). The zero-order valence-electron chi connectivity index (χ0n) is 15.4. The zero-order chi connectivity index (χ0) is 20.6. The average Bonchev–Trinajstić information content (AvgIpc) is 3.27. The maximum Gasteiger partial charge on any atom is 0.240 e. The molecule has 1 heterocycles. The van der Waals surface area contributed by atoms with Gasteiger partial charge in [0.15, 0.2) is 0 Å². The molecule has 150 valence electrons. The van der Waals surface area contributed by atoms with Gasteiger partial charge in [-0.05, 0) is 54.7 Å². The number of aromatic nitrogens is 2. The fourth-order valence-electron chi connectivity index (χ4n) is 3.55. The second-order valence-corrected chi connectivity index (χ2v) is 8.86. The van der Waals surface area contributed by atoms with Crippen molar-refractivity contribution in [2.24, 2.45) is 5.14 Å². The van der Waals surface area contributed by atoms with Crippen molar-refractivity contribution in [3.8, 4) is 5.69 Å². The number of nitrogens with two attached hydrogens (primary N) is 1. The summed E-state index contributed by atoms with van der Waals surface area (Å²) < 4.78 is 26.1. The number of fused-ring (bicyclic) bond motifs is 1. The second-order valence-electron chi connectivity index (χ2n) is 6.93. The average molecular weight is 431 g/mol. The van der Waals surface area contributed by atoms with E-state index in [2.05, 4.69) is 10.4 Å². The maximum absolute atomic E-state index is 12.4. The fraction of sp³-hybridized carbons (Fsp3) is 0.200. The van der Waals surface area contributed by atoms with E-state index in [1.807, 2.05) is 0 Å². The minimum Gasteiger partial charge on any atom is -0.326 e. The highest BCUT2D eigenvalue weighted by atomic mass is 35.5. The Kier molecular flexibility index (Phi) is 5.16. The van der Waals surface area contributed by atoms with Gasteiger partial charge < -0.3 is 5.32 Å². The molecule has 0 atom stereocenters. The topological polar surface area (TPSA) is 107 Å². The number of anilines is 1. The normalized spacial score (nSPS) is 13.3. The van der Waals surface area contributed by atoms with Gasteiger partial charge in [0.05, 0.1) is 18.3 Å². The summed E-state index contributed by atoms with van der Waals surface area (Å²) in [6.07, 6.45) is 4.59. The van der Waals surface area contributed by atoms with Gasteiger partial charge in [-0.25, -0.2) is 18.2 Å². The monoisotopic (exact) mass is 430 g/mol. The van der Waals surface area contributed by atoms with E-state index < -0.39 is 10.0 Å². The molecule has 1 amide bonds. The van der Waals surface area contributed by atoms with Crippen LogP contribution in [0.4, 0.5) is 5.69 Å². The number of nitrogens with zero attached hydrogens (tertiary/aromatic N) is 2. The third kappa shape index (κ3) is 4.05. The summed E-state index contributed by atoms with van der Waals surface area (Å²) >= 11 is 6.10. The fourth-order valence-corrected chi connectivity index (χ4v) is 4.49. The predicted octanol–water partition coefficient (Wildman–Crippen LogP) is 2.84. The van der Waals surface area contributed by atoms with E-state index >= 15 is 0 Å². The molecule has 0 unspecified atom stereocenters. The van der Waals surface area contributed by atoms with Gasteiger partial charge in [-0.3, -0.25) is 4.79 Å². The van der Waals surface area contributed by atoms with Gasteiger partial charge in [0.25, 0.3) is 0 Å². The Hall–Kier alpha value is -2.68. The molecule has 0 aliphatic heterocycles. The van der Waals surface area contributed by atoms with Gasteiger partial charge in [0.1, 0.15) is 4.90 Å². The Morgan fingerprint density at radius 3 is 2.76 bits per heavy atom. The lowest BCUT2D eigenvalue weighted by Gasteiger charge is -2.13. The highest BCUT2D eigenvalue weighted by molar-refractivity contribution is 7.89. The molecule has 0 saturated heterocycles. The number of primary sulfonamides is 1. The van der Waals surface area contributed by atoms with Crippen LogP contribution in [0.15, 0.2) is 53.6 Å². The van der Waals surface area contributed by atoms with E-state index in [4.69, 9.17) is 16.7 Å². The lowest BCUT2D eigenvalue weighted by atomic mass is 10.1. The minimum atomic E-state index is -4.03. The van der Waals surface area contributed by atoms with Crippen molar-refractivity contribution >= 4 is 33.2 Å². The van der Waals surface area contributed by atoms with Crippen LogP contribution in [0.25, 0.3) is 5.69 Å². The van der Waals surface area contributed by atoms with E-state index in [1.54, 1.807) is 47.3 Å². The Morgan fingerprint density at radius 2 is 2.00 bits per heavy atom. The van der Waals surface area contributed by atoms with E-state index in [1.165, 1.54) is 6.07 Å². The van der Waals surface area contributed by atoms with Crippen LogP contribution in [0.5, 0.6) is 0 Å². The molecule has 7 nitrogen and oxygen atoms in total. The molecule has 3 aromatic rings. The number of benzene rings is 2. The molecule has 0 spiro atoms. The molecule has 1 aliphatic carbocycles. The summed E-state index contributed by atoms with van der Waals surface area (Å²) in [4.78, 5) is 12.3. The number of sulfonamides is 1. The summed E-state index contributed by atoms with van der Waals surface area (Å²) in [5.41, 5.74) is 3.49. The van der Waals surface area contributed by atoms with Crippen molar-refractivity contribution in [2.45, 2.75) is 30.6 Å². The third-order valence-electron chi connectivity index (χ3n) is 4.90. The first kappa shape index (κ1) is 19.6. The van der Waals surface area contributed by atoms with E-state index in [0.717, 1.165) is 30.5 Å². The van der Waals surface area contributed by atoms with Gasteiger partial charge in [-0.2, -0.15) is 5.10 Å². The quantitative estimate of drug-likeness (QED) is 0.648. The standard InChI is InChI=1S/C20H19ClN4O3S/c21-16-6-2-1-4-13(16)10-20(26)24-15-8-9-18(19(11-15)29(22,27)28)25-17-7-3-5-14(17)12-23-25/h1-2,4,6,8-9,11-12H,3,5,7,10H2,(H,24,26)(H2,22,27,28). The second kappa shape index (κ2) is 7.62. The first-order valence-electron chi connectivity index (χ1n) is 9.09. The number of nitrogens with one attached hydrogen (secondary N) is 1. The van der Waals surface area contributed by atoms with Gasteiger partial charge in [0.2, 0.25) is 15.9 Å². The van der Waals surface area contributed by atoms with Crippen molar-refractivity contribution in [3.63, 3.8) is 0 Å². The summed E-state index contributed by atoms with van der Waals surface area (Å²) in [6, 6.07) is 11.7. The highest BCUT2D eigenvalue weighted by Gasteiger charge is 2.23. The molecule has 1 aromatic heterocycles. The number of aryl methyl sites for hydroxylation is 1. The zero-order valence-corrected chi connectivity index (χ0v) is 17.0. The molecule has 0 radical (unpaired) electrons. The SMILES string of the molecule is NS(=O)(=O)c1cc(NC(=O)Cc2ccccc2Cl)ccc1-n1ncc2c1CCC2. The van der Waals surface area contributed by atoms with Crippen LogP contribution in [0.3, 0.4) is 0 Å². The number of amides is 1. The number of rotatable bonds is 5. The molecule has 0 bridgehead atoms. The van der Waals surface area contributed by atoms with Crippen LogP contribution in [0.1, 0.15) is 23.2 Å².